The average molecular weight is 354 g/mol. The molecule has 26 heavy (non-hydrogen) atoms. The number of aliphatic carboxylic acids is 1. The van der Waals surface area contributed by atoms with Crippen LogP contribution in [0.25, 0.3) is 0 Å². The number of hydrogen-bond donors (Lipinski definition) is 2. The highest BCUT2D eigenvalue weighted by Gasteiger charge is 2.21. The van der Waals surface area contributed by atoms with Gasteiger partial charge in [-0.25, -0.2) is 4.79 Å². The van der Waals surface area contributed by atoms with Gasteiger partial charge in [0.15, 0.2) is 18.1 Å². The van der Waals surface area contributed by atoms with Crippen LogP contribution < -0.4 is 14.8 Å². The molecule has 0 heterocycles. The molecule has 2 N–H and O–H groups in total. The second kappa shape index (κ2) is 9.08. The summed E-state index contributed by atoms with van der Waals surface area (Å²) in [5.41, 5.74) is 1.20. The van der Waals surface area contributed by atoms with E-state index in [4.69, 9.17) is 14.7 Å². The Bertz CT molecular complexity index is 814. The quantitative estimate of drug-likeness (QED) is 0.748. The molecule has 2 rings (SSSR count). The van der Waals surface area contributed by atoms with Gasteiger partial charge in [0.2, 0.25) is 0 Å². The largest absolute Gasteiger partial charge is 0.493 e. The number of nitrogens with one attached hydrogen (secondary N) is 1. The summed E-state index contributed by atoms with van der Waals surface area (Å²) < 4.78 is 10.5. The van der Waals surface area contributed by atoms with Crippen molar-refractivity contribution in [2.24, 2.45) is 0 Å². The van der Waals surface area contributed by atoms with Crippen LogP contribution >= 0.6 is 0 Å². The molecule has 0 saturated heterocycles. The highest BCUT2D eigenvalue weighted by molar-refractivity contribution is 5.84. The molecular weight excluding hydrogens is 336 g/mol. The molecular formula is C19H18N2O5. The van der Waals surface area contributed by atoms with Crippen molar-refractivity contribution in [1.29, 1.82) is 5.26 Å². The van der Waals surface area contributed by atoms with Gasteiger partial charge in [-0.05, 0) is 17.7 Å². The van der Waals surface area contributed by atoms with Crippen LogP contribution in [-0.2, 0) is 16.0 Å². The van der Waals surface area contributed by atoms with Gasteiger partial charge in [0.1, 0.15) is 6.04 Å². The summed E-state index contributed by atoms with van der Waals surface area (Å²) in [4.78, 5) is 23.4. The van der Waals surface area contributed by atoms with Gasteiger partial charge in [-0.3, -0.25) is 4.79 Å². The summed E-state index contributed by atoms with van der Waals surface area (Å²) in [6, 6.07) is 14.5. The lowest BCUT2D eigenvalue weighted by atomic mass is 10.1. The summed E-state index contributed by atoms with van der Waals surface area (Å²) in [7, 11) is 1.42. The third-order valence-electron chi connectivity index (χ3n) is 3.57. The SMILES string of the molecule is COc1cc(C#N)ccc1OCC(=O)N[C@@H](Cc1ccccc1)C(=O)O. The molecule has 0 saturated carbocycles. The molecule has 1 atom stereocenters. The van der Waals surface area contributed by atoms with Crippen molar-refractivity contribution in [3.63, 3.8) is 0 Å². The Morgan fingerprint density at radius 2 is 1.92 bits per heavy atom. The molecule has 7 nitrogen and oxygen atoms in total. The molecule has 2 aromatic carbocycles. The van der Waals surface area contributed by atoms with Crippen LogP contribution in [0.5, 0.6) is 11.5 Å². The molecule has 0 bridgehead atoms. The number of carbonyl (C=O) groups excluding carboxylic acids is 1. The van der Waals surface area contributed by atoms with E-state index in [2.05, 4.69) is 5.32 Å². The fourth-order valence-corrected chi connectivity index (χ4v) is 2.29. The van der Waals surface area contributed by atoms with Crippen molar-refractivity contribution in [3.05, 3.63) is 59.7 Å². The third-order valence-corrected chi connectivity index (χ3v) is 3.57. The Balaban J connectivity index is 1.96. The van der Waals surface area contributed by atoms with Gasteiger partial charge in [0.25, 0.3) is 5.91 Å². The zero-order chi connectivity index (χ0) is 18.9. The van der Waals surface area contributed by atoms with Crippen molar-refractivity contribution in [3.8, 4) is 17.6 Å². The summed E-state index contributed by atoms with van der Waals surface area (Å²) >= 11 is 0. The maximum absolute atomic E-state index is 12.1. The first-order valence-electron chi connectivity index (χ1n) is 7.80. The van der Waals surface area contributed by atoms with E-state index in [9.17, 15) is 14.7 Å². The van der Waals surface area contributed by atoms with Crippen LogP contribution in [0.3, 0.4) is 0 Å². The first kappa shape index (κ1) is 18.8. The normalized spacial score (nSPS) is 11.1. The van der Waals surface area contributed by atoms with E-state index in [0.717, 1.165) is 5.56 Å². The second-order valence-corrected chi connectivity index (χ2v) is 5.41. The van der Waals surface area contributed by atoms with Crippen molar-refractivity contribution < 1.29 is 24.2 Å². The van der Waals surface area contributed by atoms with Gasteiger partial charge < -0.3 is 19.9 Å². The van der Waals surface area contributed by atoms with E-state index in [1.165, 1.54) is 25.3 Å². The maximum atomic E-state index is 12.1. The number of amides is 1. The summed E-state index contributed by atoms with van der Waals surface area (Å²) in [5, 5.41) is 20.6. The monoisotopic (exact) mass is 354 g/mol. The average Bonchev–Trinajstić information content (AvgIpc) is 2.66. The highest BCUT2D eigenvalue weighted by atomic mass is 16.5. The van der Waals surface area contributed by atoms with E-state index in [0.29, 0.717) is 11.3 Å². The predicted octanol–water partition coefficient (Wildman–Crippen LogP) is 1.76. The van der Waals surface area contributed by atoms with E-state index >= 15 is 0 Å². The minimum Gasteiger partial charge on any atom is -0.493 e. The number of methoxy groups -OCH3 is 1. The topological polar surface area (TPSA) is 109 Å². The number of nitriles is 1. The third kappa shape index (κ3) is 5.24. The molecule has 0 radical (unpaired) electrons. The first-order chi connectivity index (χ1) is 12.5. The van der Waals surface area contributed by atoms with Crippen molar-refractivity contribution in [2.75, 3.05) is 13.7 Å². The van der Waals surface area contributed by atoms with Gasteiger partial charge in [-0.1, -0.05) is 30.3 Å². The number of benzene rings is 2. The maximum Gasteiger partial charge on any atom is 0.326 e. The molecule has 0 fully saturated rings. The van der Waals surface area contributed by atoms with E-state index in [1.807, 2.05) is 12.1 Å². The Kier molecular flexibility index (Phi) is 6.57. The molecule has 0 aliphatic rings. The molecule has 0 aliphatic heterocycles. The minimum atomic E-state index is -1.13. The zero-order valence-corrected chi connectivity index (χ0v) is 14.1. The fourth-order valence-electron chi connectivity index (χ4n) is 2.29. The number of hydrogen-bond acceptors (Lipinski definition) is 5. The predicted molar refractivity (Wildman–Crippen MR) is 92.9 cm³/mol. The summed E-state index contributed by atoms with van der Waals surface area (Å²) in [5.74, 6) is -1.09. The lowest BCUT2D eigenvalue weighted by molar-refractivity contribution is -0.142. The second-order valence-electron chi connectivity index (χ2n) is 5.41. The van der Waals surface area contributed by atoms with Crippen LogP contribution in [0.15, 0.2) is 48.5 Å². The highest BCUT2D eigenvalue weighted by Crippen LogP contribution is 2.27. The summed E-state index contributed by atoms with van der Waals surface area (Å²) in [6.07, 6.45) is 0.169. The smallest absolute Gasteiger partial charge is 0.326 e. The summed E-state index contributed by atoms with van der Waals surface area (Å²) in [6.45, 7) is -0.374. The number of carbonyl (C=O) groups is 2. The lowest BCUT2D eigenvalue weighted by Gasteiger charge is -2.15. The van der Waals surface area contributed by atoms with Gasteiger partial charge in [-0.2, -0.15) is 5.26 Å². The van der Waals surface area contributed by atoms with Crippen LogP contribution in [-0.4, -0.2) is 36.7 Å². The Hall–Kier alpha value is -3.53. The minimum absolute atomic E-state index is 0.169. The lowest BCUT2D eigenvalue weighted by Crippen LogP contribution is -2.44. The van der Waals surface area contributed by atoms with E-state index < -0.39 is 17.9 Å². The molecule has 134 valence electrons. The van der Waals surface area contributed by atoms with Crippen LogP contribution in [0.1, 0.15) is 11.1 Å². The number of nitrogens with zero attached hydrogens (tertiary/aromatic N) is 1. The Labute approximate surface area is 150 Å². The molecule has 7 heteroatoms. The van der Waals surface area contributed by atoms with Gasteiger partial charge in [-0.15, -0.1) is 0 Å². The number of carboxylic acids is 1. The zero-order valence-electron chi connectivity index (χ0n) is 14.1. The molecule has 0 unspecified atom stereocenters. The van der Waals surface area contributed by atoms with Crippen molar-refractivity contribution in [1.82, 2.24) is 5.32 Å². The van der Waals surface area contributed by atoms with E-state index in [-0.39, 0.29) is 18.8 Å². The Morgan fingerprint density at radius 3 is 2.54 bits per heavy atom. The Morgan fingerprint density at radius 1 is 1.19 bits per heavy atom. The molecule has 0 aliphatic carbocycles. The first-order valence-corrected chi connectivity index (χ1v) is 7.80. The van der Waals surface area contributed by atoms with Crippen molar-refractivity contribution >= 4 is 11.9 Å². The standard InChI is InChI=1S/C19H18N2O5/c1-25-17-10-14(11-20)7-8-16(17)26-12-18(22)21-15(19(23)24)9-13-5-3-2-4-6-13/h2-8,10,15H,9,12H2,1H3,(H,21,22)(H,23,24)/t15-/m0/s1. The van der Waals surface area contributed by atoms with Gasteiger partial charge >= 0.3 is 5.97 Å². The van der Waals surface area contributed by atoms with Gasteiger partial charge in [0.05, 0.1) is 18.7 Å². The van der Waals surface area contributed by atoms with Crippen molar-refractivity contribution in [2.45, 2.75) is 12.5 Å². The number of carboxylic acid groups (broad SMARTS) is 1. The molecule has 1 amide bonds. The molecule has 0 spiro atoms. The van der Waals surface area contributed by atoms with Crippen LogP contribution in [0.4, 0.5) is 0 Å². The van der Waals surface area contributed by atoms with Crippen LogP contribution in [0, 0.1) is 11.3 Å². The molecule has 0 aromatic heterocycles. The number of ether oxygens (including phenoxy) is 2. The van der Waals surface area contributed by atoms with E-state index in [1.54, 1.807) is 24.3 Å². The van der Waals surface area contributed by atoms with Crippen LogP contribution in [0.2, 0.25) is 0 Å². The van der Waals surface area contributed by atoms with Gasteiger partial charge in [0, 0.05) is 12.5 Å². The number of rotatable bonds is 8. The fraction of sp³-hybridized carbons (Fsp3) is 0.211. The molecule has 2 aromatic rings.